The highest BCUT2D eigenvalue weighted by Gasteiger charge is 2.33. The van der Waals surface area contributed by atoms with E-state index in [0.717, 1.165) is 15.6 Å². The number of aryl methyl sites for hydroxylation is 4. The molecule has 1 amide bonds. The lowest BCUT2D eigenvalue weighted by Crippen LogP contribution is -2.51. The highest BCUT2D eigenvalue weighted by Crippen LogP contribution is 2.23. The van der Waals surface area contributed by atoms with Gasteiger partial charge in [-0.05, 0) is 27.7 Å². The SMILES string of the molecule is Cc1nc(C)c(CC(=O)N2CCN(S(=O)(=O)c3c(C)n[nH]c3C)CC2)s1. The van der Waals surface area contributed by atoms with Crippen molar-refractivity contribution < 1.29 is 13.2 Å². The second-order valence-electron chi connectivity index (χ2n) is 6.47. The first-order chi connectivity index (χ1) is 12.2. The Balaban J connectivity index is 1.65. The summed E-state index contributed by atoms with van der Waals surface area (Å²) in [5, 5.41) is 7.65. The Bertz CT molecular complexity index is 904. The summed E-state index contributed by atoms with van der Waals surface area (Å²) in [6.07, 6.45) is 0.323. The van der Waals surface area contributed by atoms with Gasteiger partial charge in [0.25, 0.3) is 0 Å². The van der Waals surface area contributed by atoms with Crippen LogP contribution in [0.5, 0.6) is 0 Å². The molecular formula is C16H23N5O3S2. The smallest absolute Gasteiger partial charge is 0.246 e. The zero-order chi connectivity index (χ0) is 19.1. The van der Waals surface area contributed by atoms with Gasteiger partial charge in [-0.3, -0.25) is 9.89 Å². The van der Waals surface area contributed by atoms with Crippen LogP contribution in [0.2, 0.25) is 0 Å². The molecule has 2 aromatic rings. The van der Waals surface area contributed by atoms with Crippen LogP contribution in [0.1, 0.15) is 27.0 Å². The predicted octanol–water partition coefficient (Wildman–Crippen LogP) is 1.18. The van der Waals surface area contributed by atoms with Gasteiger partial charge in [0.05, 0.1) is 28.5 Å². The summed E-state index contributed by atoms with van der Waals surface area (Å²) in [7, 11) is -3.60. The maximum absolute atomic E-state index is 12.9. The third kappa shape index (κ3) is 3.53. The molecule has 0 aromatic carbocycles. The zero-order valence-corrected chi connectivity index (χ0v) is 17.0. The minimum Gasteiger partial charge on any atom is -0.340 e. The summed E-state index contributed by atoms with van der Waals surface area (Å²) >= 11 is 1.54. The molecule has 0 saturated carbocycles. The average Bonchev–Trinajstić information content (AvgIpc) is 3.08. The minimum absolute atomic E-state index is 0.0180. The average molecular weight is 398 g/mol. The summed E-state index contributed by atoms with van der Waals surface area (Å²) in [4.78, 5) is 19.8. The van der Waals surface area contributed by atoms with E-state index >= 15 is 0 Å². The molecule has 26 heavy (non-hydrogen) atoms. The van der Waals surface area contributed by atoms with Crippen molar-refractivity contribution in [1.29, 1.82) is 0 Å². The lowest BCUT2D eigenvalue weighted by atomic mass is 10.2. The number of sulfonamides is 1. The number of nitrogens with one attached hydrogen (secondary N) is 1. The molecule has 0 atom stereocenters. The predicted molar refractivity (Wildman–Crippen MR) is 98.7 cm³/mol. The fourth-order valence-electron chi connectivity index (χ4n) is 3.21. The Kier molecular flexibility index (Phi) is 5.18. The number of aromatic nitrogens is 3. The van der Waals surface area contributed by atoms with Crippen molar-refractivity contribution in [3.8, 4) is 0 Å². The van der Waals surface area contributed by atoms with E-state index in [1.165, 1.54) is 15.6 Å². The molecule has 0 radical (unpaired) electrons. The normalized spacial score (nSPS) is 16.2. The molecule has 1 aliphatic heterocycles. The van der Waals surface area contributed by atoms with Crippen molar-refractivity contribution in [2.45, 2.75) is 39.0 Å². The summed E-state index contributed by atoms with van der Waals surface area (Å²) in [6, 6.07) is 0. The molecule has 10 heteroatoms. The number of H-pyrrole nitrogens is 1. The van der Waals surface area contributed by atoms with Gasteiger partial charge in [0, 0.05) is 31.1 Å². The van der Waals surface area contributed by atoms with Crippen LogP contribution < -0.4 is 0 Å². The maximum atomic E-state index is 12.9. The highest BCUT2D eigenvalue weighted by molar-refractivity contribution is 7.89. The van der Waals surface area contributed by atoms with Crippen LogP contribution in [0, 0.1) is 27.7 Å². The number of piperazine rings is 1. The van der Waals surface area contributed by atoms with Crippen LogP contribution in [-0.4, -0.2) is 64.9 Å². The third-order valence-corrected chi connectivity index (χ3v) is 7.80. The third-order valence-electron chi connectivity index (χ3n) is 4.56. The molecule has 1 N–H and O–H groups in total. The molecule has 0 unspecified atom stereocenters. The molecule has 0 spiro atoms. The van der Waals surface area contributed by atoms with Crippen molar-refractivity contribution >= 4 is 27.3 Å². The molecule has 142 valence electrons. The van der Waals surface area contributed by atoms with Crippen LogP contribution in [0.4, 0.5) is 0 Å². The summed E-state index contributed by atoms with van der Waals surface area (Å²) in [5.41, 5.74) is 1.90. The molecule has 2 aromatic heterocycles. The number of thiazole rings is 1. The Labute approximate surface area is 157 Å². The first-order valence-electron chi connectivity index (χ1n) is 8.42. The van der Waals surface area contributed by atoms with Crippen LogP contribution in [-0.2, 0) is 21.2 Å². The first kappa shape index (κ1) is 19.0. The molecule has 0 aliphatic carbocycles. The van der Waals surface area contributed by atoms with Gasteiger partial charge >= 0.3 is 0 Å². The van der Waals surface area contributed by atoms with E-state index in [-0.39, 0.29) is 10.8 Å². The molecule has 1 fully saturated rings. The Morgan fingerprint density at radius 2 is 1.77 bits per heavy atom. The summed E-state index contributed by atoms with van der Waals surface area (Å²) in [5.74, 6) is 0.0180. The summed E-state index contributed by atoms with van der Waals surface area (Å²) < 4.78 is 27.2. The van der Waals surface area contributed by atoms with Crippen LogP contribution in [0.25, 0.3) is 0 Å². The number of carbonyl (C=O) groups is 1. The minimum atomic E-state index is -3.60. The molecule has 8 nitrogen and oxygen atoms in total. The second kappa shape index (κ2) is 7.09. The molecule has 3 heterocycles. The van der Waals surface area contributed by atoms with E-state index in [9.17, 15) is 13.2 Å². The largest absolute Gasteiger partial charge is 0.340 e. The number of hydrogen-bond donors (Lipinski definition) is 1. The van der Waals surface area contributed by atoms with E-state index in [1.54, 1.807) is 18.7 Å². The highest BCUT2D eigenvalue weighted by atomic mass is 32.2. The standard InChI is InChI=1S/C16H23N5O3S2/c1-10-14(25-13(4)17-10)9-15(22)20-5-7-21(8-6-20)26(23,24)16-11(2)18-19-12(16)3/h5-9H2,1-4H3,(H,18,19). The maximum Gasteiger partial charge on any atom is 0.246 e. The lowest BCUT2D eigenvalue weighted by Gasteiger charge is -2.34. The molecule has 0 bridgehead atoms. The fraction of sp³-hybridized carbons (Fsp3) is 0.562. The van der Waals surface area contributed by atoms with Gasteiger partial charge in [-0.2, -0.15) is 9.40 Å². The first-order valence-corrected chi connectivity index (χ1v) is 10.7. The Hall–Kier alpha value is -1.78. The number of hydrogen-bond acceptors (Lipinski definition) is 6. The lowest BCUT2D eigenvalue weighted by molar-refractivity contribution is -0.131. The van der Waals surface area contributed by atoms with Crippen LogP contribution in [0.15, 0.2) is 4.90 Å². The summed E-state index contributed by atoms with van der Waals surface area (Å²) in [6.45, 7) is 8.58. The van der Waals surface area contributed by atoms with Gasteiger partial charge in [-0.15, -0.1) is 11.3 Å². The van der Waals surface area contributed by atoms with Crippen molar-refractivity contribution in [1.82, 2.24) is 24.4 Å². The number of rotatable bonds is 4. The van der Waals surface area contributed by atoms with Crippen molar-refractivity contribution in [3.05, 3.63) is 27.0 Å². The monoisotopic (exact) mass is 397 g/mol. The number of amides is 1. The van der Waals surface area contributed by atoms with E-state index < -0.39 is 10.0 Å². The molecule has 1 aliphatic rings. The van der Waals surface area contributed by atoms with Crippen LogP contribution in [0.3, 0.4) is 0 Å². The van der Waals surface area contributed by atoms with Gasteiger partial charge in [-0.1, -0.05) is 0 Å². The van der Waals surface area contributed by atoms with Gasteiger partial charge in [0.1, 0.15) is 4.90 Å². The van der Waals surface area contributed by atoms with E-state index in [0.29, 0.717) is 44.0 Å². The molecular weight excluding hydrogens is 374 g/mol. The Morgan fingerprint density at radius 3 is 2.27 bits per heavy atom. The molecule has 3 rings (SSSR count). The topological polar surface area (TPSA) is 99.3 Å². The van der Waals surface area contributed by atoms with E-state index in [4.69, 9.17) is 0 Å². The van der Waals surface area contributed by atoms with Gasteiger partial charge in [-0.25, -0.2) is 13.4 Å². The van der Waals surface area contributed by atoms with Gasteiger partial charge in [0.2, 0.25) is 15.9 Å². The zero-order valence-electron chi connectivity index (χ0n) is 15.4. The number of aromatic amines is 1. The van der Waals surface area contributed by atoms with Gasteiger partial charge < -0.3 is 4.90 Å². The quantitative estimate of drug-likeness (QED) is 0.835. The van der Waals surface area contributed by atoms with Crippen molar-refractivity contribution in [2.75, 3.05) is 26.2 Å². The van der Waals surface area contributed by atoms with E-state index in [2.05, 4.69) is 15.2 Å². The number of carbonyl (C=O) groups excluding carboxylic acids is 1. The van der Waals surface area contributed by atoms with E-state index in [1.807, 2.05) is 13.8 Å². The number of nitrogens with zero attached hydrogens (tertiary/aromatic N) is 4. The van der Waals surface area contributed by atoms with Crippen molar-refractivity contribution in [3.63, 3.8) is 0 Å². The van der Waals surface area contributed by atoms with Crippen LogP contribution >= 0.6 is 11.3 Å². The van der Waals surface area contributed by atoms with Crippen molar-refractivity contribution in [2.24, 2.45) is 0 Å². The Morgan fingerprint density at radius 1 is 1.12 bits per heavy atom. The molecule has 1 saturated heterocycles. The van der Waals surface area contributed by atoms with Gasteiger partial charge in [0.15, 0.2) is 0 Å². The second-order valence-corrected chi connectivity index (χ2v) is 9.63. The fourth-order valence-corrected chi connectivity index (χ4v) is 5.90.